The molecule has 1 amide bonds. The lowest BCUT2D eigenvalue weighted by Gasteiger charge is -2.28. The van der Waals surface area contributed by atoms with E-state index in [2.05, 4.69) is 25.7 Å². The summed E-state index contributed by atoms with van der Waals surface area (Å²) in [5.74, 6) is 1.10. The molecule has 8 heteroatoms. The van der Waals surface area contributed by atoms with E-state index in [-0.39, 0.29) is 5.91 Å². The Hall–Kier alpha value is -3.68. The average Bonchev–Trinajstić information content (AvgIpc) is 3.16. The van der Waals surface area contributed by atoms with Crippen LogP contribution in [-0.2, 0) is 4.79 Å². The van der Waals surface area contributed by atoms with Gasteiger partial charge in [0.25, 0.3) is 5.91 Å². The Labute approximate surface area is 155 Å². The Bertz CT molecular complexity index is 995. The SMILES string of the molecule is COc1ccc(NC(=O)C2=C(C)Nc3ncnn3C2c2ccncc2)cc1. The van der Waals surface area contributed by atoms with Crippen molar-refractivity contribution in [1.29, 1.82) is 0 Å². The van der Waals surface area contributed by atoms with Crippen molar-refractivity contribution in [3.63, 3.8) is 0 Å². The normalized spacial score (nSPS) is 15.7. The number of carbonyl (C=O) groups excluding carboxylic acids is 1. The van der Waals surface area contributed by atoms with Crippen LogP contribution in [-0.4, -0.2) is 32.8 Å². The van der Waals surface area contributed by atoms with Crippen LogP contribution in [0.15, 0.2) is 66.4 Å². The Morgan fingerprint density at radius 2 is 1.93 bits per heavy atom. The van der Waals surface area contributed by atoms with Crippen molar-refractivity contribution >= 4 is 17.5 Å². The minimum absolute atomic E-state index is 0.215. The first kappa shape index (κ1) is 16.8. The zero-order valence-electron chi connectivity index (χ0n) is 14.9. The Balaban J connectivity index is 1.70. The van der Waals surface area contributed by atoms with Gasteiger partial charge < -0.3 is 15.4 Å². The second-order valence-electron chi connectivity index (χ2n) is 6.06. The number of methoxy groups -OCH3 is 1. The fraction of sp³-hybridized carbons (Fsp3) is 0.158. The molecule has 1 unspecified atom stereocenters. The van der Waals surface area contributed by atoms with Crippen LogP contribution in [0.3, 0.4) is 0 Å². The summed E-state index contributed by atoms with van der Waals surface area (Å²) in [7, 11) is 1.60. The van der Waals surface area contributed by atoms with Crippen LogP contribution in [0, 0.1) is 0 Å². The van der Waals surface area contributed by atoms with Gasteiger partial charge in [0, 0.05) is 23.8 Å². The largest absolute Gasteiger partial charge is 0.497 e. The van der Waals surface area contributed by atoms with Crippen LogP contribution < -0.4 is 15.4 Å². The van der Waals surface area contributed by atoms with Crippen LogP contribution in [0.25, 0.3) is 0 Å². The number of carbonyl (C=O) groups is 1. The summed E-state index contributed by atoms with van der Waals surface area (Å²) in [6.45, 7) is 1.86. The number of nitrogens with one attached hydrogen (secondary N) is 2. The molecule has 4 rings (SSSR count). The lowest BCUT2D eigenvalue weighted by atomic mass is 9.96. The summed E-state index contributed by atoms with van der Waals surface area (Å²) in [5, 5.41) is 10.4. The van der Waals surface area contributed by atoms with Crippen molar-refractivity contribution in [2.45, 2.75) is 13.0 Å². The van der Waals surface area contributed by atoms with Gasteiger partial charge in [-0.05, 0) is 48.9 Å². The fourth-order valence-electron chi connectivity index (χ4n) is 3.11. The predicted octanol–water partition coefficient (Wildman–Crippen LogP) is 2.61. The molecule has 3 aromatic rings. The highest BCUT2D eigenvalue weighted by molar-refractivity contribution is 6.06. The highest BCUT2D eigenvalue weighted by Gasteiger charge is 2.33. The lowest BCUT2D eigenvalue weighted by molar-refractivity contribution is -0.113. The van der Waals surface area contributed by atoms with E-state index in [9.17, 15) is 4.79 Å². The van der Waals surface area contributed by atoms with Gasteiger partial charge in [0.15, 0.2) is 0 Å². The molecular weight excluding hydrogens is 344 g/mol. The van der Waals surface area contributed by atoms with Gasteiger partial charge in [0.05, 0.1) is 12.7 Å². The fourth-order valence-corrected chi connectivity index (χ4v) is 3.11. The molecule has 136 valence electrons. The summed E-state index contributed by atoms with van der Waals surface area (Å²) in [5.41, 5.74) is 2.87. The lowest BCUT2D eigenvalue weighted by Crippen LogP contribution is -2.31. The first-order valence-electron chi connectivity index (χ1n) is 8.40. The quantitative estimate of drug-likeness (QED) is 0.741. The number of rotatable bonds is 4. The van der Waals surface area contributed by atoms with E-state index in [4.69, 9.17) is 4.74 Å². The van der Waals surface area contributed by atoms with Crippen LogP contribution in [0.2, 0.25) is 0 Å². The highest BCUT2D eigenvalue weighted by Crippen LogP contribution is 2.34. The van der Waals surface area contributed by atoms with Crippen LogP contribution in [0.1, 0.15) is 18.5 Å². The first-order valence-corrected chi connectivity index (χ1v) is 8.40. The number of ether oxygens (including phenoxy) is 1. The summed E-state index contributed by atoms with van der Waals surface area (Å²) < 4.78 is 6.86. The van der Waals surface area contributed by atoms with Gasteiger partial charge in [-0.1, -0.05) is 0 Å². The number of fused-ring (bicyclic) bond motifs is 1. The van der Waals surface area contributed by atoms with Crippen molar-refractivity contribution in [2.75, 3.05) is 17.7 Å². The molecule has 0 saturated heterocycles. The van der Waals surface area contributed by atoms with Crippen molar-refractivity contribution in [3.8, 4) is 5.75 Å². The van der Waals surface area contributed by atoms with E-state index in [1.807, 2.05) is 19.1 Å². The third-order valence-electron chi connectivity index (χ3n) is 4.41. The second kappa shape index (κ2) is 6.91. The van der Waals surface area contributed by atoms with Gasteiger partial charge in [-0.25, -0.2) is 4.68 Å². The predicted molar refractivity (Wildman–Crippen MR) is 100 cm³/mol. The van der Waals surface area contributed by atoms with Crippen molar-refractivity contribution in [3.05, 3.63) is 72.0 Å². The second-order valence-corrected chi connectivity index (χ2v) is 6.06. The topological polar surface area (TPSA) is 94.0 Å². The maximum atomic E-state index is 13.1. The van der Waals surface area contributed by atoms with Gasteiger partial charge in [0.1, 0.15) is 18.1 Å². The van der Waals surface area contributed by atoms with E-state index in [0.29, 0.717) is 17.2 Å². The molecule has 0 bridgehead atoms. The minimum Gasteiger partial charge on any atom is -0.497 e. The summed E-state index contributed by atoms with van der Waals surface area (Å²) in [4.78, 5) is 21.4. The van der Waals surface area contributed by atoms with E-state index in [1.54, 1.807) is 48.5 Å². The third-order valence-corrected chi connectivity index (χ3v) is 4.41. The van der Waals surface area contributed by atoms with Gasteiger partial charge >= 0.3 is 0 Å². The Morgan fingerprint density at radius 3 is 2.63 bits per heavy atom. The number of amides is 1. The van der Waals surface area contributed by atoms with E-state index >= 15 is 0 Å². The minimum atomic E-state index is -0.398. The molecule has 27 heavy (non-hydrogen) atoms. The maximum Gasteiger partial charge on any atom is 0.255 e. The number of aromatic nitrogens is 4. The van der Waals surface area contributed by atoms with Crippen LogP contribution in [0.4, 0.5) is 11.6 Å². The standard InChI is InChI=1S/C19H18N6O2/c1-12-16(18(26)24-14-3-5-15(27-2)6-4-14)17(13-7-9-20-10-8-13)25-19(23-12)21-11-22-25/h3-11,17H,1-2H3,(H,24,26)(H,21,22,23). The zero-order valence-corrected chi connectivity index (χ0v) is 14.9. The first-order chi connectivity index (χ1) is 13.2. The van der Waals surface area contributed by atoms with E-state index < -0.39 is 6.04 Å². The molecule has 1 aliphatic rings. The van der Waals surface area contributed by atoms with Crippen LogP contribution >= 0.6 is 0 Å². The zero-order chi connectivity index (χ0) is 18.8. The molecule has 0 fully saturated rings. The van der Waals surface area contributed by atoms with E-state index in [1.165, 1.54) is 6.33 Å². The third kappa shape index (κ3) is 3.12. The molecule has 8 nitrogen and oxygen atoms in total. The van der Waals surface area contributed by atoms with E-state index in [0.717, 1.165) is 17.0 Å². The molecule has 1 aromatic carbocycles. The molecule has 2 aromatic heterocycles. The molecule has 0 saturated carbocycles. The molecule has 1 aliphatic heterocycles. The summed E-state index contributed by atoms with van der Waals surface area (Å²) >= 11 is 0. The van der Waals surface area contributed by atoms with Gasteiger partial charge in [-0.2, -0.15) is 10.1 Å². The van der Waals surface area contributed by atoms with Gasteiger partial charge in [-0.15, -0.1) is 0 Å². The number of pyridine rings is 1. The van der Waals surface area contributed by atoms with Crippen molar-refractivity contribution in [2.24, 2.45) is 0 Å². The molecule has 0 aliphatic carbocycles. The van der Waals surface area contributed by atoms with Gasteiger partial charge in [0.2, 0.25) is 5.95 Å². The number of nitrogens with zero attached hydrogens (tertiary/aromatic N) is 4. The molecule has 2 N–H and O–H groups in total. The van der Waals surface area contributed by atoms with Gasteiger partial charge in [-0.3, -0.25) is 9.78 Å². The van der Waals surface area contributed by atoms with Crippen molar-refractivity contribution in [1.82, 2.24) is 19.7 Å². The molecular formula is C19H18N6O2. The smallest absolute Gasteiger partial charge is 0.255 e. The number of anilines is 2. The monoisotopic (exact) mass is 362 g/mol. The molecule has 0 radical (unpaired) electrons. The molecule has 0 spiro atoms. The summed E-state index contributed by atoms with van der Waals surface area (Å²) in [6.07, 6.45) is 4.86. The molecule has 1 atom stereocenters. The number of allylic oxidation sites excluding steroid dienone is 1. The number of benzene rings is 1. The van der Waals surface area contributed by atoms with Crippen LogP contribution in [0.5, 0.6) is 5.75 Å². The maximum absolute atomic E-state index is 13.1. The summed E-state index contributed by atoms with van der Waals surface area (Å²) in [6, 6.07) is 10.5. The average molecular weight is 362 g/mol. The Morgan fingerprint density at radius 1 is 1.19 bits per heavy atom. The number of hydrogen-bond donors (Lipinski definition) is 2. The molecule has 3 heterocycles. The Kier molecular flexibility index (Phi) is 4.29. The van der Waals surface area contributed by atoms with Crippen molar-refractivity contribution < 1.29 is 9.53 Å². The highest BCUT2D eigenvalue weighted by atomic mass is 16.5. The number of hydrogen-bond acceptors (Lipinski definition) is 6.